The van der Waals surface area contributed by atoms with Gasteiger partial charge in [-0.15, -0.1) is 28.4 Å². The Morgan fingerprint density at radius 3 is 2.25 bits per heavy atom. The summed E-state index contributed by atoms with van der Waals surface area (Å²) in [5.41, 5.74) is 0.0409. The molecule has 2 aromatic heterocycles. The fourth-order valence-electron chi connectivity index (χ4n) is 1.47. The fraction of sp³-hybridized carbons (Fsp3) is 0.273. The van der Waals surface area contributed by atoms with Gasteiger partial charge in [-0.25, -0.2) is 0 Å². The van der Waals surface area contributed by atoms with Crippen molar-refractivity contribution in [2.24, 2.45) is 0 Å². The van der Waals surface area contributed by atoms with Crippen molar-refractivity contribution in [3.8, 4) is 0 Å². The Bertz CT molecular complexity index is 550. The SMILES string of the molecule is [CH2-]CN(C[CH2-])c1ccc2nnc(C(F)(F)F)n2n1.[CH3-].[Y+3]. The predicted molar refractivity (Wildman–Crippen MR) is 65.1 cm³/mol. The van der Waals surface area contributed by atoms with E-state index >= 15 is 0 Å². The second-order valence-corrected chi connectivity index (χ2v) is 3.47. The number of aromatic nitrogens is 4. The Morgan fingerprint density at radius 2 is 1.75 bits per heavy atom. The van der Waals surface area contributed by atoms with Gasteiger partial charge in [0.05, 0.1) is 0 Å². The summed E-state index contributed by atoms with van der Waals surface area (Å²) in [6.07, 6.45) is -4.59. The van der Waals surface area contributed by atoms with Crippen molar-refractivity contribution in [2.45, 2.75) is 6.18 Å². The van der Waals surface area contributed by atoms with Crippen LogP contribution in [0.5, 0.6) is 0 Å². The third-order valence-electron chi connectivity index (χ3n) is 2.37. The van der Waals surface area contributed by atoms with Crippen LogP contribution in [0.4, 0.5) is 19.0 Å². The number of anilines is 1. The Hall–Kier alpha value is -0.756. The molecule has 2 heterocycles. The zero-order valence-corrected chi connectivity index (χ0v) is 13.8. The van der Waals surface area contributed by atoms with Crippen LogP contribution in [0.15, 0.2) is 12.1 Å². The first kappa shape index (κ1) is 19.2. The monoisotopic (exact) mass is 361 g/mol. The first-order valence-electron chi connectivity index (χ1n) is 5.10. The van der Waals surface area contributed by atoms with Crippen molar-refractivity contribution in [3.63, 3.8) is 0 Å². The van der Waals surface area contributed by atoms with E-state index in [-0.39, 0.29) is 45.8 Å². The van der Waals surface area contributed by atoms with Gasteiger partial charge in [0.1, 0.15) is 5.82 Å². The average Bonchev–Trinajstić information content (AvgIpc) is 2.73. The molecule has 0 aromatic carbocycles. The van der Waals surface area contributed by atoms with Gasteiger partial charge in [0, 0.05) is 0 Å². The molecule has 2 rings (SSSR count). The fourth-order valence-corrected chi connectivity index (χ4v) is 1.47. The van der Waals surface area contributed by atoms with Crippen LogP contribution in [0, 0.1) is 21.3 Å². The van der Waals surface area contributed by atoms with Gasteiger partial charge in [0.15, 0.2) is 5.65 Å². The summed E-state index contributed by atoms with van der Waals surface area (Å²) < 4.78 is 38.6. The van der Waals surface area contributed by atoms with E-state index in [2.05, 4.69) is 29.1 Å². The first-order valence-corrected chi connectivity index (χ1v) is 5.10. The van der Waals surface area contributed by atoms with Crippen LogP contribution in [-0.2, 0) is 38.9 Å². The second-order valence-electron chi connectivity index (χ2n) is 3.47. The van der Waals surface area contributed by atoms with Crippen molar-refractivity contribution < 1.29 is 45.9 Å². The minimum atomic E-state index is -4.59. The molecule has 0 amide bonds. The van der Waals surface area contributed by atoms with E-state index in [9.17, 15) is 13.2 Å². The molecule has 9 heteroatoms. The molecule has 2 aromatic rings. The van der Waals surface area contributed by atoms with E-state index < -0.39 is 12.0 Å². The van der Waals surface area contributed by atoms with Crippen LogP contribution in [0.1, 0.15) is 5.82 Å². The van der Waals surface area contributed by atoms with Crippen LogP contribution in [0.3, 0.4) is 0 Å². The minimum absolute atomic E-state index is 0. The van der Waals surface area contributed by atoms with Gasteiger partial charge in [-0.3, -0.25) is 0 Å². The number of fused-ring (bicyclic) bond motifs is 1. The van der Waals surface area contributed by atoms with Gasteiger partial charge < -0.3 is 26.2 Å². The molecule has 0 spiro atoms. The number of rotatable bonds is 3. The Labute approximate surface area is 140 Å². The van der Waals surface area contributed by atoms with Crippen molar-refractivity contribution in [3.05, 3.63) is 39.2 Å². The second kappa shape index (κ2) is 7.31. The summed E-state index contributed by atoms with van der Waals surface area (Å²) in [4.78, 5) is 1.62. The predicted octanol–water partition coefficient (Wildman–Crippen LogP) is 2.07. The number of alkyl halides is 3. The molecule has 20 heavy (non-hydrogen) atoms. The van der Waals surface area contributed by atoms with Crippen molar-refractivity contribution in [2.75, 3.05) is 18.0 Å². The number of nitrogens with zero attached hydrogens (tertiary/aromatic N) is 5. The zero-order chi connectivity index (χ0) is 13.3. The van der Waals surface area contributed by atoms with Crippen molar-refractivity contribution >= 4 is 11.5 Å². The molecule has 0 fully saturated rings. The van der Waals surface area contributed by atoms with Crippen LogP contribution >= 0.6 is 0 Å². The topological polar surface area (TPSA) is 46.3 Å². The van der Waals surface area contributed by atoms with Gasteiger partial charge in [-0.05, 0) is 12.1 Å². The molecule has 0 N–H and O–H groups in total. The largest absolute Gasteiger partial charge is 3.00 e. The summed E-state index contributed by atoms with van der Waals surface area (Å²) in [7, 11) is 0. The summed E-state index contributed by atoms with van der Waals surface area (Å²) in [5, 5.41) is 10.4. The Morgan fingerprint density at radius 1 is 1.15 bits per heavy atom. The molecule has 0 bridgehead atoms. The molecule has 0 saturated heterocycles. The molecule has 0 saturated carbocycles. The molecular formula is C11H13F3N5Y. The summed E-state index contributed by atoms with van der Waals surface area (Å²) >= 11 is 0. The van der Waals surface area contributed by atoms with Crippen LogP contribution < -0.4 is 4.90 Å². The standard InChI is InChI=1S/C10H10F3N5.CH3.Y/c1-3-17(4-2)8-6-5-7-14-15-9(10(11,12)13)18(7)16-8;;/h5-6H,1-4H2;1H3;/q-2;-1;+3. The molecule has 0 atom stereocenters. The van der Waals surface area contributed by atoms with Crippen LogP contribution in [0.25, 0.3) is 5.65 Å². The average molecular weight is 361 g/mol. The molecule has 0 radical (unpaired) electrons. The minimum Gasteiger partial charge on any atom is -0.415 e. The summed E-state index contributed by atoms with van der Waals surface area (Å²) in [6.45, 7) is 8.02. The van der Waals surface area contributed by atoms with E-state index in [0.29, 0.717) is 23.4 Å². The smallest absolute Gasteiger partial charge is 0.415 e. The van der Waals surface area contributed by atoms with Crippen molar-refractivity contribution in [1.29, 1.82) is 0 Å². The van der Waals surface area contributed by atoms with Gasteiger partial charge in [-0.1, -0.05) is 0 Å². The quantitative estimate of drug-likeness (QED) is 0.786. The number of hydrogen-bond donors (Lipinski definition) is 0. The van der Waals surface area contributed by atoms with E-state index in [1.807, 2.05) is 0 Å². The third kappa shape index (κ3) is 3.66. The van der Waals surface area contributed by atoms with Crippen LogP contribution in [-0.4, -0.2) is 32.9 Å². The molecule has 0 aliphatic carbocycles. The first-order chi connectivity index (χ1) is 8.47. The molecule has 0 aliphatic heterocycles. The Balaban J connectivity index is 0.00000180. The zero-order valence-electron chi connectivity index (χ0n) is 10.9. The molecule has 0 aliphatic rings. The van der Waals surface area contributed by atoms with E-state index in [4.69, 9.17) is 0 Å². The van der Waals surface area contributed by atoms with Gasteiger partial charge >= 0.3 is 38.9 Å². The third-order valence-corrected chi connectivity index (χ3v) is 2.37. The summed E-state index contributed by atoms with van der Waals surface area (Å²) in [5.74, 6) is -0.801. The molecule has 106 valence electrons. The van der Waals surface area contributed by atoms with Gasteiger partial charge in [-0.2, -0.15) is 17.7 Å². The van der Waals surface area contributed by atoms with Gasteiger partial charge in [0.2, 0.25) is 0 Å². The maximum atomic E-state index is 12.6. The van der Waals surface area contributed by atoms with E-state index in [1.54, 1.807) is 11.0 Å². The number of halogens is 3. The maximum absolute atomic E-state index is 12.6. The molecular weight excluding hydrogens is 348 g/mol. The summed E-state index contributed by atoms with van der Waals surface area (Å²) in [6, 6.07) is 2.98. The Kier molecular flexibility index (Phi) is 7.03. The van der Waals surface area contributed by atoms with Gasteiger partial charge in [0.25, 0.3) is 5.82 Å². The molecule has 0 unspecified atom stereocenters. The van der Waals surface area contributed by atoms with Crippen LogP contribution in [0.2, 0.25) is 0 Å². The van der Waals surface area contributed by atoms with Crippen molar-refractivity contribution in [1.82, 2.24) is 19.8 Å². The number of hydrogen-bond acceptors (Lipinski definition) is 4. The maximum Gasteiger partial charge on any atom is 3.00 e. The van der Waals surface area contributed by atoms with E-state index in [0.717, 1.165) is 0 Å². The van der Waals surface area contributed by atoms with E-state index in [1.165, 1.54) is 6.07 Å². The normalized spacial score (nSPS) is 10.8. The molecule has 5 nitrogen and oxygen atoms in total.